The fourth-order valence-electron chi connectivity index (χ4n) is 3.52. The average Bonchev–Trinajstić information content (AvgIpc) is 3.25. The standard InChI is InChI=1S/C16H24N6O2.ClH/c1-21-10-13(8-18-21)16-19-15(20-24-16)14-11-23-6-5-22(14)9-12-3-2-4-17-7-12;/h8,10,12,14,17H,2-7,9,11H2,1H3;1H. The number of halogens is 1. The van der Waals surface area contributed by atoms with Crippen molar-refractivity contribution in [2.75, 3.05) is 39.4 Å². The maximum Gasteiger partial charge on any atom is 0.261 e. The first-order chi connectivity index (χ1) is 11.8. The number of aryl methyl sites for hydroxylation is 1. The smallest absolute Gasteiger partial charge is 0.261 e. The monoisotopic (exact) mass is 368 g/mol. The summed E-state index contributed by atoms with van der Waals surface area (Å²) in [4.78, 5) is 7.04. The van der Waals surface area contributed by atoms with Gasteiger partial charge in [-0.15, -0.1) is 12.4 Å². The number of ether oxygens (including phenoxy) is 1. The van der Waals surface area contributed by atoms with Gasteiger partial charge in [-0.1, -0.05) is 5.16 Å². The molecular formula is C16H25ClN6O2. The van der Waals surface area contributed by atoms with E-state index in [9.17, 15) is 0 Å². The fraction of sp³-hybridized carbons (Fsp3) is 0.688. The lowest BCUT2D eigenvalue weighted by atomic mass is 9.98. The van der Waals surface area contributed by atoms with Gasteiger partial charge in [0.25, 0.3) is 5.89 Å². The molecule has 2 saturated heterocycles. The van der Waals surface area contributed by atoms with Gasteiger partial charge in [0.05, 0.1) is 31.0 Å². The van der Waals surface area contributed by atoms with E-state index in [1.807, 2.05) is 13.2 Å². The van der Waals surface area contributed by atoms with E-state index in [1.54, 1.807) is 10.9 Å². The molecule has 0 radical (unpaired) electrons. The van der Waals surface area contributed by atoms with Gasteiger partial charge in [-0.2, -0.15) is 10.1 Å². The molecule has 25 heavy (non-hydrogen) atoms. The van der Waals surface area contributed by atoms with Crippen molar-refractivity contribution < 1.29 is 9.26 Å². The third-order valence-electron chi connectivity index (χ3n) is 4.82. The zero-order valence-electron chi connectivity index (χ0n) is 14.4. The summed E-state index contributed by atoms with van der Waals surface area (Å²) in [5, 5.41) is 11.9. The molecule has 0 saturated carbocycles. The number of nitrogens with zero attached hydrogens (tertiary/aromatic N) is 5. The van der Waals surface area contributed by atoms with Crippen LogP contribution < -0.4 is 5.32 Å². The van der Waals surface area contributed by atoms with Crippen LogP contribution in [0.1, 0.15) is 24.7 Å². The van der Waals surface area contributed by atoms with Gasteiger partial charge >= 0.3 is 0 Å². The maximum absolute atomic E-state index is 5.68. The van der Waals surface area contributed by atoms with Crippen molar-refractivity contribution in [2.45, 2.75) is 18.9 Å². The van der Waals surface area contributed by atoms with Crippen molar-refractivity contribution in [1.29, 1.82) is 0 Å². The average molecular weight is 369 g/mol. The van der Waals surface area contributed by atoms with Crippen molar-refractivity contribution in [1.82, 2.24) is 30.1 Å². The Balaban J connectivity index is 0.00000182. The highest BCUT2D eigenvalue weighted by Gasteiger charge is 2.31. The van der Waals surface area contributed by atoms with Crippen LogP contribution in [-0.4, -0.2) is 64.2 Å². The quantitative estimate of drug-likeness (QED) is 0.870. The molecule has 2 aromatic rings. The highest BCUT2D eigenvalue weighted by atomic mass is 35.5. The Kier molecular flexibility index (Phi) is 6.06. The summed E-state index contributed by atoms with van der Waals surface area (Å²) in [5.74, 6) is 1.91. The summed E-state index contributed by atoms with van der Waals surface area (Å²) in [6.45, 7) is 5.59. The zero-order valence-corrected chi connectivity index (χ0v) is 15.2. The first-order valence-corrected chi connectivity index (χ1v) is 8.65. The molecule has 2 aliphatic rings. The molecule has 2 aromatic heterocycles. The Bertz CT molecular complexity index is 669. The third kappa shape index (κ3) is 4.20. The second-order valence-corrected chi connectivity index (χ2v) is 6.66. The Morgan fingerprint density at radius 2 is 2.32 bits per heavy atom. The molecule has 2 aliphatic heterocycles. The van der Waals surface area contributed by atoms with Gasteiger partial charge < -0.3 is 14.6 Å². The highest BCUT2D eigenvalue weighted by molar-refractivity contribution is 5.85. The van der Waals surface area contributed by atoms with E-state index in [0.717, 1.165) is 38.3 Å². The van der Waals surface area contributed by atoms with Gasteiger partial charge in [-0.3, -0.25) is 9.58 Å². The molecule has 0 spiro atoms. The molecule has 0 amide bonds. The lowest BCUT2D eigenvalue weighted by Crippen LogP contribution is -2.45. The SMILES string of the molecule is Cl.Cn1cc(-c2nc(C3COCCN3CC3CCCNC3)no2)cn1. The second kappa shape index (κ2) is 8.27. The van der Waals surface area contributed by atoms with Crippen molar-refractivity contribution in [3.63, 3.8) is 0 Å². The van der Waals surface area contributed by atoms with Crippen LogP contribution in [0.2, 0.25) is 0 Å². The summed E-state index contributed by atoms with van der Waals surface area (Å²) in [7, 11) is 1.87. The Morgan fingerprint density at radius 1 is 1.40 bits per heavy atom. The molecule has 0 bridgehead atoms. The number of piperidine rings is 1. The second-order valence-electron chi connectivity index (χ2n) is 6.66. The minimum atomic E-state index is 0. The molecule has 4 rings (SSSR count). The van der Waals surface area contributed by atoms with Crippen LogP contribution in [0.15, 0.2) is 16.9 Å². The largest absolute Gasteiger partial charge is 0.378 e. The van der Waals surface area contributed by atoms with Gasteiger partial charge in [-0.05, 0) is 31.8 Å². The summed E-state index contributed by atoms with van der Waals surface area (Å²) in [6, 6.07) is 0.0647. The molecule has 1 N–H and O–H groups in total. The highest BCUT2D eigenvalue weighted by Crippen LogP contribution is 2.26. The molecular weight excluding hydrogens is 344 g/mol. The zero-order chi connectivity index (χ0) is 16.4. The van der Waals surface area contributed by atoms with Gasteiger partial charge in [0.2, 0.25) is 0 Å². The van der Waals surface area contributed by atoms with Gasteiger partial charge in [0, 0.05) is 26.3 Å². The van der Waals surface area contributed by atoms with E-state index in [1.165, 1.54) is 12.8 Å². The lowest BCUT2D eigenvalue weighted by Gasteiger charge is -2.37. The lowest BCUT2D eigenvalue weighted by molar-refractivity contribution is -0.0206. The number of aromatic nitrogens is 4. The topological polar surface area (TPSA) is 81.2 Å². The summed E-state index contributed by atoms with van der Waals surface area (Å²) < 4.78 is 12.9. The number of morpholine rings is 1. The Morgan fingerprint density at radius 3 is 3.08 bits per heavy atom. The van der Waals surface area contributed by atoms with Gasteiger partial charge in [-0.25, -0.2) is 0 Å². The molecule has 138 valence electrons. The number of rotatable bonds is 4. The summed E-state index contributed by atoms with van der Waals surface area (Å²) in [6.07, 6.45) is 6.15. The molecule has 8 nitrogen and oxygen atoms in total. The van der Waals surface area contributed by atoms with E-state index in [2.05, 4.69) is 25.5 Å². The van der Waals surface area contributed by atoms with E-state index < -0.39 is 0 Å². The van der Waals surface area contributed by atoms with Crippen LogP contribution in [0.25, 0.3) is 11.5 Å². The van der Waals surface area contributed by atoms with E-state index in [-0.39, 0.29) is 18.4 Å². The third-order valence-corrected chi connectivity index (χ3v) is 4.82. The molecule has 9 heteroatoms. The van der Waals surface area contributed by atoms with Crippen LogP contribution in [0, 0.1) is 5.92 Å². The molecule has 2 fully saturated rings. The summed E-state index contributed by atoms with van der Waals surface area (Å²) in [5.41, 5.74) is 0.844. The van der Waals surface area contributed by atoms with Crippen molar-refractivity contribution >= 4 is 12.4 Å². The van der Waals surface area contributed by atoms with Crippen molar-refractivity contribution in [3.05, 3.63) is 18.2 Å². The van der Waals surface area contributed by atoms with Crippen molar-refractivity contribution in [2.24, 2.45) is 13.0 Å². The van der Waals surface area contributed by atoms with Gasteiger partial charge in [0.15, 0.2) is 5.82 Å². The Hall–Kier alpha value is -1.48. The van der Waals surface area contributed by atoms with Crippen LogP contribution in [0.4, 0.5) is 0 Å². The minimum Gasteiger partial charge on any atom is -0.378 e. The summed E-state index contributed by atoms with van der Waals surface area (Å²) >= 11 is 0. The molecule has 0 aliphatic carbocycles. The number of hydrogen-bond acceptors (Lipinski definition) is 7. The maximum atomic E-state index is 5.68. The first kappa shape index (κ1) is 18.3. The first-order valence-electron chi connectivity index (χ1n) is 8.65. The van der Waals surface area contributed by atoms with Crippen LogP contribution in [-0.2, 0) is 11.8 Å². The van der Waals surface area contributed by atoms with Crippen molar-refractivity contribution in [3.8, 4) is 11.5 Å². The Labute approximate surface area is 153 Å². The molecule has 0 aromatic carbocycles. The van der Waals surface area contributed by atoms with E-state index >= 15 is 0 Å². The van der Waals surface area contributed by atoms with E-state index in [0.29, 0.717) is 24.2 Å². The molecule has 2 atom stereocenters. The molecule has 4 heterocycles. The predicted octanol–water partition coefficient (Wildman–Crippen LogP) is 1.26. The normalized spacial score (nSPS) is 24.8. The van der Waals surface area contributed by atoms with E-state index in [4.69, 9.17) is 9.26 Å². The molecule has 2 unspecified atom stereocenters. The van der Waals surface area contributed by atoms with Gasteiger partial charge in [0.1, 0.15) is 0 Å². The van der Waals surface area contributed by atoms with Crippen LogP contribution in [0.5, 0.6) is 0 Å². The number of nitrogens with one attached hydrogen (secondary N) is 1. The van der Waals surface area contributed by atoms with Crippen LogP contribution >= 0.6 is 12.4 Å². The fourth-order valence-corrected chi connectivity index (χ4v) is 3.52. The minimum absolute atomic E-state index is 0. The predicted molar refractivity (Wildman–Crippen MR) is 94.5 cm³/mol. The van der Waals surface area contributed by atoms with Crippen LogP contribution in [0.3, 0.4) is 0 Å². The number of hydrogen-bond donors (Lipinski definition) is 1.